The highest BCUT2D eigenvalue weighted by Gasteiger charge is 2.46. The molecule has 1 saturated heterocycles. The number of aromatic amines is 1. The number of hydrogen-bond donors (Lipinski definition) is 4. The van der Waals surface area contributed by atoms with E-state index < -0.39 is 5.66 Å². The lowest BCUT2D eigenvalue weighted by Crippen LogP contribution is -2.62. The number of aromatic nitrogens is 3. The predicted molar refractivity (Wildman–Crippen MR) is 137 cm³/mol. The molecule has 3 fully saturated rings. The first kappa shape index (κ1) is 22.9. The molecular weight excluding hydrogens is 440 g/mol. The van der Waals surface area contributed by atoms with Gasteiger partial charge in [-0.05, 0) is 56.6 Å². The minimum Gasteiger partial charge on any atom is -0.379 e. The maximum Gasteiger partial charge on any atom is 0.199 e. The monoisotopic (exact) mass is 478 g/mol. The molecule has 0 aromatic carbocycles. The summed E-state index contributed by atoms with van der Waals surface area (Å²) in [5.74, 6) is 1.88. The number of morpholine rings is 1. The molecule has 1 atom stereocenters. The smallest absolute Gasteiger partial charge is 0.199 e. The van der Waals surface area contributed by atoms with Crippen LogP contribution in [0.25, 0.3) is 11.3 Å². The summed E-state index contributed by atoms with van der Waals surface area (Å²) in [6, 6.07) is 4.97. The van der Waals surface area contributed by atoms with Gasteiger partial charge in [-0.25, -0.2) is 4.99 Å². The molecule has 2 saturated carbocycles. The molecule has 0 radical (unpaired) electrons. The van der Waals surface area contributed by atoms with Gasteiger partial charge in [-0.15, -0.1) is 0 Å². The normalized spacial score (nSPS) is 31.5. The maximum atomic E-state index is 7.31. The summed E-state index contributed by atoms with van der Waals surface area (Å²) < 4.78 is 5.54. The topological polar surface area (TPSA) is 116 Å². The molecule has 2 aliphatic carbocycles. The van der Waals surface area contributed by atoms with E-state index in [4.69, 9.17) is 15.5 Å². The van der Waals surface area contributed by atoms with Gasteiger partial charge in [-0.3, -0.25) is 15.0 Å². The second-order valence-electron chi connectivity index (χ2n) is 10.6. The number of rotatable bonds is 4. The van der Waals surface area contributed by atoms with Gasteiger partial charge in [0.25, 0.3) is 0 Å². The van der Waals surface area contributed by atoms with Crippen molar-refractivity contribution in [1.82, 2.24) is 25.4 Å². The van der Waals surface area contributed by atoms with Crippen molar-refractivity contribution in [2.45, 2.75) is 75.5 Å². The summed E-state index contributed by atoms with van der Waals surface area (Å²) in [6.07, 6.45) is 14.2. The summed E-state index contributed by atoms with van der Waals surface area (Å²) in [5.41, 5.74) is 9.53. The first-order valence-electron chi connectivity index (χ1n) is 13.4. The number of nitrogens with zero attached hydrogens (tertiary/aromatic N) is 4. The van der Waals surface area contributed by atoms with E-state index in [0.29, 0.717) is 18.0 Å². The van der Waals surface area contributed by atoms with Gasteiger partial charge in [-0.2, -0.15) is 5.10 Å². The lowest BCUT2D eigenvalue weighted by molar-refractivity contribution is 0.00753. The fourth-order valence-corrected chi connectivity index (χ4v) is 6.56. The Morgan fingerprint density at radius 2 is 1.86 bits per heavy atom. The van der Waals surface area contributed by atoms with Crippen LogP contribution in [0.1, 0.15) is 63.4 Å². The number of nitrogens with one attached hydrogen (secondary N) is 3. The van der Waals surface area contributed by atoms with Crippen LogP contribution in [-0.2, 0) is 10.4 Å². The molecule has 2 aliphatic heterocycles. The van der Waals surface area contributed by atoms with Crippen LogP contribution >= 0.6 is 0 Å². The molecule has 9 nitrogen and oxygen atoms in total. The molecule has 0 amide bonds. The van der Waals surface area contributed by atoms with E-state index in [2.05, 4.69) is 36.8 Å². The van der Waals surface area contributed by atoms with Gasteiger partial charge in [0, 0.05) is 37.1 Å². The molecule has 1 unspecified atom stereocenters. The zero-order valence-corrected chi connectivity index (χ0v) is 20.5. The van der Waals surface area contributed by atoms with Crippen molar-refractivity contribution in [2.24, 2.45) is 16.6 Å². The molecule has 6 rings (SSSR count). The van der Waals surface area contributed by atoms with E-state index in [1.54, 1.807) is 6.20 Å². The van der Waals surface area contributed by atoms with Crippen LogP contribution in [0.15, 0.2) is 29.5 Å². The molecule has 5 N–H and O–H groups in total. The number of H-pyrrole nitrogens is 1. The summed E-state index contributed by atoms with van der Waals surface area (Å²) >= 11 is 0. The van der Waals surface area contributed by atoms with Gasteiger partial charge in [0.1, 0.15) is 5.66 Å². The summed E-state index contributed by atoms with van der Waals surface area (Å²) in [4.78, 5) is 12.1. The molecular formula is C26H38N8O. The number of nitrogens with two attached hydrogens (primary N) is 1. The molecule has 35 heavy (non-hydrogen) atoms. The average Bonchev–Trinajstić information content (AvgIpc) is 3.36. The van der Waals surface area contributed by atoms with Crippen molar-refractivity contribution in [2.75, 3.05) is 31.6 Å². The molecule has 4 heterocycles. The highest BCUT2D eigenvalue weighted by atomic mass is 16.5. The molecule has 0 bridgehead atoms. The van der Waals surface area contributed by atoms with Gasteiger partial charge in [0.05, 0.1) is 30.5 Å². The largest absolute Gasteiger partial charge is 0.379 e. The molecule has 4 aliphatic rings. The van der Waals surface area contributed by atoms with Gasteiger partial charge in [-0.1, -0.05) is 19.3 Å². The molecule has 2 aromatic heterocycles. The van der Waals surface area contributed by atoms with Crippen LogP contribution < -0.4 is 16.4 Å². The van der Waals surface area contributed by atoms with Crippen LogP contribution in [0, 0.1) is 5.92 Å². The van der Waals surface area contributed by atoms with Gasteiger partial charge in [0.15, 0.2) is 11.8 Å². The maximum absolute atomic E-state index is 7.31. The first-order chi connectivity index (χ1) is 17.2. The minimum atomic E-state index is -0.719. The van der Waals surface area contributed by atoms with Crippen LogP contribution in [0.3, 0.4) is 0 Å². The molecule has 2 aromatic rings. The lowest BCUT2D eigenvalue weighted by Gasteiger charge is -2.44. The second-order valence-corrected chi connectivity index (χ2v) is 10.6. The minimum absolute atomic E-state index is 0.302. The van der Waals surface area contributed by atoms with Crippen molar-refractivity contribution >= 4 is 11.8 Å². The van der Waals surface area contributed by atoms with Crippen LogP contribution in [-0.4, -0.2) is 64.4 Å². The second kappa shape index (κ2) is 9.87. The Bertz CT molecular complexity index is 1020. The number of guanidine groups is 1. The Kier molecular flexibility index (Phi) is 6.47. The average molecular weight is 479 g/mol. The number of fused-ring (bicyclic) bond motifs is 1. The Balaban J connectivity index is 1.25. The number of anilines is 1. The van der Waals surface area contributed by atoms with Crippen molar-refractivity contribution in [3.05, 3.63) is 30.1 Å². The predicted octanol–water partition coefficient (Wildman–Crippen LogP) is 3.18. The summed E-state index contributed by atoms with van der Waals surface area (Å²) in [5, 5.41) is 15.1. The van der Waals surface area contributed by atoms with Crippen LogP contribution in [0.5, 0.6) is 0 Å². The van der Waals surface area contributed by atoms with E-state index >= 15 is 0 Å². The Hall–Kier alpha value is -2.49. The number of aliphatic imine (C=N–C) groups is 1. The van der Waals surface area contributed by atoms with E-state index in [1.165, 1.54) is 32.1 Å². The highest BCUT2D eigenvalue weighted by molar-refractivity contribution is 5.98. The summed E-state index contributed by atoms with van der Waals surface area (Å²) in [7, 11) is 0. The zero-order chi connectivity index (χ0) is 23.7. The van der Waals surface area contributed by atoms with E-state index in [0.717, 1.165) is 80.6 Å². The highest BCUT2D eigenvalue weighted by Crippen LogP contribution is 2.44. The Morgan fingerprint density at radius 1 is 1.06 bits per heavy atom. The zero-order valence-electron chi connectivity index (χ0n) is 20.5. The van der Waals surface area contributed by atoms with Crippen LogP contribution in [0.4, 0.5) is 5.82 Å². The fourth-order valence-electron chi connectivity index (χ4n) is 6.56. The van der Waals surface area contributed by atoms with E-state index in [9.17, 15) is 0 Å². The standard InChI is InChI=1S/C26H38N8O/c27-26(19-6-2-1-3-7-19)22-23(18-5-4-12-28-17-18)32-33-24(22)30-25(31-26)29-20-8-10-21(11-9-20)34-13-15-35-16-14-34/h4-5,12,17,19-21H,1-3,6-11,13-16,27H2,(H3,29,30,31,32,33). The fraction of sp³-hybridized carbons (Fsp3) is 0.654. The quantitative estimate of drug-likeness (QED) is 0.533. The van der Waals surface area contributed by atoms with Crippen LogP contribution in [0.2, 0.25) is 0 Å². The van der Waals surface area contributed by atoms with Gasteiger partial charge < -0.3 is 21.1 Å². The molecule has 0 spiro atoms. The van der Waals surface area contributed by atoms with Crippen molar-refractivity contribution in [3.63, 3.8) is 0 Å². The SMILES string of the molecule is NC1(C2CCCCC2)NC(=NC2CCC(N3CCOCC3)CC2)Nc2n[nH]c(-c3cccnc3)c21. The van der Waals surface area contributed by atoms with Gasteiger partial charge in [0.2, 0.25) is 0 Å². The summed E-state index contributed by atoms with van der Waals surface area (Å²) in [6.45, 7) is 3.85. The van der Waals surface area contributed by atoms with Gasteiger partial charge >= 0.3 is 0 Å². The van der Waals surface area contributed by atoms with E-state index in [-0.39, 0.29) is 0 Å². The first-order valence-corrected chi connectivity index (χ1v) is 13.4. The number of pyridine rings is 1. The molecule has 188 valence electrons. The van der Waals surface area contributed by atoms with E-state index in [1.807, 2.05) is 12.3 Å². The van der Waals surface area contributed by atoms with Crippen molar-refractivity contribution in [1.29, 1.82) is 0 Å². The third-order valence-corrected chi connectivity index (χ3v) is 8.48. The number of ether oxygens (including phenoxy) is 1. The third-order valence-electron chi connectivity index (χ3n) is 8.48. The Morgan fingerprint density at radius 3 is 2.60 bits per heavy atom. The molecule has 9 heteroatoms. The van der Waals surface area contributed by atoms with Crippen molar-refractivity contribution < 1.29 is 4.74 Å². The van der Waals surface area contributed by atoms with Crippen molar-refractivity contribution in [3.8, 4) is 11.3 Å². The lowest BCUT2D eigenvalue weighted by atomic mass is 9.75. The third kappa shape index (κ3) is 4.57. The Labute approximate surface area is 207 Å². The number of hydrogen-bond acceptors (Lipinski definition) is 6.